The van der Waals surface area contributed by atoms with Gasteiger partial charge in [-0.25, -0.2) is 13.2 Å². The summed E-state index contributed by atoms with van der Waals surface area (Å²) in [7, 11) is 0. The second kappa shape index (κ2) is 7.44. The van der Waals surface area contributed by atoms with Gasteiger partial charge in [0.2, 0.25) is 0 Å². The number of hydrogen-bond donors (Lipinski definition) is 0. The van der Waals surface area contributed by atoms with Crippen LogP contribution in [0.25, 0.3) is 33.0 Å². The van der Waals surface area contributed by atoms with E-state index in [2.05, 4.69) is 0 Å². The quantitative estimate of drug-likeness (QED) is 0.370. The summed E-state index contributed by atoms with van der Waals surface area (Å²) in [6.45, 7) is 1.98. The van der Waals surface area contributed by atoms with E-state index in [-0.39, 0.29) is 11.2 Å². The predicted molar refractivity (Wildman–Crippen MR) is 109 cm³/mol. The van der Waals surface area contributed by atoms with Crippen molar-refractivity contribution in [1.82, 2.24) is 0 Å². The van der Waals surface area contributed by atoms with E-state index in [0.717, 1.165) is 28.7 Å². The minimum atomic E-state index is -0.879. The molecule has 0 bridgehead atoms. The van der Waals surface area contributed by atoms with E-state index < -0.39 is 17.2 Å². The number of halogens is 3. The zero-order chi connectivity index (χ0) is 20.5. The van der Waals surface area contributed by atoms with Crippen LogP contribution < -0.4 is 0 Å². The zero-order valence-corrected chi connectivity index (χ0v) is 15.6. The first-order valence-corrected chi connectivity index (χ1v) is 9.23. The number of benzene rings is 4. The molecule has 0 radical (unpaired) electrons. The minimum absolute atomic E-state index is 0.196. The molecule has 4 heteroatoms. The SMILES string of the molecule is CCc1ccc(-c2ccc(-c3ccc4c(F)c(C#N)c(F)cc4c3)cc2)c(F)c1. The average molecular weight is 387 g/mol. The fraction of sp³-hybridized carbons (Fsp3) is 0.0800. The van der Waals surface area contributed by atoms with Gasteiger partial charge >= 0.3 is 0 Å². The summed E-state index contributed by atoms with van der Waals surface area (Å²) >= 11 is 0. The Morgan fingerprint density at radius 3 is 2.10 bits per heavy atom. The first kappa shape index (κ1) is 18.8. The summed E-state index contributed by atoms with van der Waals surface area (Å²) in [6.07, 6.45) is 0.773. The van der Waals surface area contributed by atoms with Crippen molar-refractivity contribution in [2.45, 2.75) is 13.3 Å². The Balaban J connectivity index is 1.72. The molecule has 0 heterocycles. The fourth-order valence-electron chi connectivity index (χ4n) is 3.47. The number of rotatable bonds is 3. The summed E-state index contributed by atoms with van der Waals surface area (Å²) < 4.78 is 42.6. The number of nitriles is 1. The second-order valence-corrected chi connectivity index (χ2v) is 6.84. The highest BCUT2D eigenvalue weighted by atomic mass is 19.1. The summed E-state index contributed by atoms with van der Waals surface area (Å²) in [4.78, 5) is 0. The van der Waals surface area contributed by atoms with Crippen molar-refractivity contribution in [3.63, 3.8) is 0 Å². The molecule has 0 aliphatic heterocycles. The standard InChI is InChI=1S/C25H16F3N/c1-2-15-3-9-20(23(26)11-15)17-6-4-16(5-7-17)18-8-10-21-19(12-18)13-24(27)22(14-29)25(21)28/h3-13H,2H2,1H3. The Kier molecular flexibility index (Phi) is 4.82. The van der Waals surface area contributed by atoms with Crippen molar-refractivity contribution in [1.29, 1.82) is 5.26 Å². The van der Waals surface area contributed by atoms with Crippen LogP contribution in [0.1, 0.15) is 18.1 Å². The maximum atomic E-state index is 14.4. The normalized spacial score (nSPS) is 10.9. The van der Waals surface area contributed by atoms with Crippen molar-refractivity contribution in [3.8, 4) is 28.3 Å². The van der Waals surface area contributed by atoms with Gasteiger partial charge in [0, 0.05) is 10.9 Å². The van der Waals surface area contributed by atoms with Gasteiger partial charge < -0.3 is 0 Å². The molecule has 0 aliphatic carbocycles. The van der Waals surface area contributed by atoms with E-state index in [1.807, 2.05) is 37.3 Å². The summed E-state index contributed by atoms with van der Waals surface area (Å²) in [5.41, 5.74) is 3.26. The molecule has 0 fully saturated rings. The summed E-state index contributed by atoms with van der Waals surface area (Å²) in [6, 6.07) is 20.2. The molecule has 0 unspecified atom stereocenters. The van der Waals surface area contributed by atoms with E-state index in [0.29, 0.717) is 10.9 Å². The molecular formula is C25H16F3N. The molecule has 4 rings (SSSR count). The van der Waals surface area contributed by atoms with Gasteiger partial charge in [0.25, 0.3) is 0 Å². The summed E-state index contributed by atoms with van der Waals surface area (Å²) in [5, 5.41) is 9.48. The average Bonchev–Trinajstić information content (AvgIpc) is 2.73. The molecule has 0 aromatic heterocycles. The van der Waals surface area contributed by atoms with Crippen molar-refractivity contribution >= 4 is 10.8 Å². The van der Waals surface area contributed by atoms with Crippen LogP contribution in [0.5, 0.6) is 0 Å². The zero-order valence-electron chi connectivity index (χ0n) is 15.6. The maximum Gasteiger partial charge on any atom is 0.151 e. The van der Waals surface area contributed by atoms with Gasteiger partial charge in [-0.3, -0.25) is 0 Å². The Hall–Kier alpha value is -3.58. The highest BCUT2D eigenvalue weighted by molar-refractivity contribution is 5.89. The molecule has 1 nitrogen and oxygen atoms in total. The third-order valence-electron chi connectivity index (χ3n) is 5.11. The molecule has 0 N–H and O–H groups in total. The third kappa shape index (κ3) is 3.36. The van der Waals surface area contributed by atoms with E-state index in [1.165, 1.54) is 12.1 Å². The van der Waals surface area contributed by atoms with E-state index in [9.17, 15) is 13.2 Å². The highest BCUT2D eigenvalue weighted by Gasteiger charge is 2.14. The Bertz CT molecular complexity index is 1270. The lowest BCUT2D eigenvalue weighted by molar-refractivity contribution is 0.585. The van der Waals surface area contributed by atoms with E-state index >= 15 is 0 Å². The lowest BCUT2D eigenvalue weighted by atomic mass is 9.96. The third-order valence-corrected chi connectivity index (χ3v) is 5.11. The van der Waals surface area contributed by atoms with Crippen molar-refractivity contribution in [3.05, 3.63) is 95.3 Å². The molecule has 0 amide bonds. The second-order valence-electron chi connectivity index (χ2n) is 6.84. The lowest BCUT2D eigenvalue weighted by Crippen LogP contribution is -1.92. The van der Waals surface area contributed by atoms with Crippen molar-refractivity contribution in [2.75, 3.05) is 0 Å². The van der Waals surface area contributed by atoms with E-state index in [4.69, 9.17) is 5.26 Å². The van der Waals surface area contributed by atoms with Crippen LogP contribution in [-0.2, 0) is 6.42 Å². The van der Waals surface area contributed by atoms with Gasteiger partial charge in [-0.15, -0.1) is 0 Å². The maximum absolute atomic E-state index is 14.4. The van der Waals surface area contributed by atoms with Crippen molar-refractivity contribution < 1.29 is 13.2 Å². The van der Waals surface area contributed by atoms with Crippen LogP contribution in [0.2, 0.25) is 0 Å². The first-order chi connectivity index (χ1) is 14.0. The van der Waals surface area contributed by atoms with Crippen LogP contribution in [-0.4, -0.2) is 0 Å². The monoisotopic (exact) mass is 387 g/mol. The molecule has 0 spiro atoms. The van der Waals surface area contributed by atoms with Crippen LogP contribution in [0.3, 0.4) is 0 Å². The molecule has 4 aromatic rings. The molecule has 4 aromatic carbocycles. The number of fused-ring (bicyclic) bond motifs is 1. The number of nitrogens with zero attached hydrogens (tertiary/aromatic N) is 1. The Morgan fingerprint density at radius 2 is 1.45 bits per heavy atom. The van der Waals surface area contributed by atoms with Crippen LogP contribution in [0, 0.1) is 28.8 Å². The highest BCUT2D eigenvalue weighted by Crippen LogP contribution is 2.31. The fourth-order valence-corrected chi connectivity index (χ4v) is 3.47. The van der Waals surface area contributed by atoms with Crippen LogP contribution >= 0.6 is 0 Å². The summed E-state index contributed by atoms with van der Waals surface area (Å²) in [5.74, 6) is -1.99. The Morgan fingerprint density at radius 1 is 0.759 bits per heavy atom. The number of hydrogen-bond acceptors (Lipinski definition) is 1. The predicted octanol–water partition coefficient (Wildman–Crippen LogP) is 7.03. The molecule has 142 valence electrons. The van der Waals surface area contributed by atoms with E-state index in [1.54, 1.807) is 30.3 Å². The van der Waals surface area contributed by atoms with Crippen LogP contribution in [0.4, 0.5) is 13.2 Å². The first-order valence-electron chi connectivity index (χ1n) is 9.23. The molecular weight excluding hydrogens is 371 g/mol. The van der Waals surface area contributed by atoms with Gasteiger partial charge in [0.1, 0.15) is 23.3 Å². The molecule has 0 saturated carbocycles. The smallest absolute Gasteiger partial charge is 0.151 e. The molecule has 0 saturated heterocycles. The Labute approximate surface area is 166 Å². The largest absolute Gasteiger partial charge is 0.206 e. The van der Waals surface area contributed by atoms with Gasteiger partial charge in [0.05, 0.1) is 0 Å². The molecule has 29 heavy (non-hydrogen) atoms. The van der Waals surface area contributed by atoms with Gasteiger partial charge in [-0.2, -0.15) is 5.26 Å². The van der Waals surface area contributed by atoms with Gasteiger partial charge in [0.15, 0.2) is 5.82 Å². The molecule has 0 aliphatic rings. The topological polar surface area (TPSA) is 23.8 Å². The van der Waals surface area contributed by atoms with Gasteiger partial charge in [-0.1, -0.05) is 55.5 Å². The lowest BCUT2D eigenvalue weighted by Gasteiger charge is -2.09. The van der Waals surface area contributed by atoms with Gasteiger partial charge in [-0.05, 0) is 52.3 Å². The number of aryl methyl sites for hydroxylation is 1. The minimum Gasteiger partial charge on any atom is -0.206 e. The van der Waals surface area contributed by atoms with Crippen molar-refractivity contribution in [2.24, 2.45) is 0 Å². The van der Waals surface area contributed by atoms with Crippen LogP contribution in [0.15, 0.2) is 66.7 Å². The molecule has 0 atom stereocenters.